The zero-order valence-electron chi connectivity index (χ0n) is 16.7. The van der Waals surface area contributed by atoms with Crippen LogP contribution in [-0.4, -0.2) is 38.7 Å². The molecule has 1 unspecified atom stereocenters. The first-order valence-corrected chi connectivity index (χ1v) is 9.70. The molecule has 4 heterocycles. The Morgan fingerprint density at radius 1 is 1.34 bits per heavy atom. The number of piperidine rings is 1. The highest BCUT2D eigenvalue weighted by Gasteiger charge is 2.21. The van der Waals surface area contributed by atoms with E-state index in [1.807, 2.05) is 19.3 Å². The Kier molecular flexibility index (Phi) is 4.94. The molecule has 9 nitrogen and oxygen atoms in total. The van der Waals surface area contributed by atoms with Gasteiger partial charge in [-0.1, -0.05) is 0 Å². The highest BCUT2D eigenvalue weighted by Crippen LogP contribution is 2.28. The number of nitrogens with zero attached hydrogens (tertiary/aromatic N) is 6. The van der Waals surface area contributed by atoms with Crippen molar-refractivity contribution >= 4 is 28.5 Å². The molecule has 5 N–H and O–H groups in total. The van der Waals surface area contributed by atoms with E-state index in [0.29, 0.717) is 23.6 Å². The van der Waals surface area contributed by atoms with Crippen molar-refractivity contribution in [2.24, 2.45) is 12.8 Å². The van der Waals surface area contributed by atoms with Gasteiger partial charge in [-0.3, -0.25) is 0 Å². The highest BCUT2D eigenvalue weighted by molar-refractivity contribution is 5.81. The molecule has 150 valence electrons. The minimum atomic E-state index is 0.137. The third-order valence-electron chi connectivity index (χ3n) is 5.36. The van der Waals surface area contributed by atoms with Gasteiger partial charge in [0.15, 0.2) is 0 Å². The first-order chi connectivity index (χ1) is 14.0. The summed E-state index contributed by atoms with van der Waals surface area (Å²) >= 11 is 0. The van der Waals surface area contributed by atoms with Gasteiger partial charge >= 0.3 is 0 Å². The number of aromatic nitrogens is 4. The number of hydrogen-bond acceptors (Lipinski definition) is 8. The van der Waals surface area contributed by atoms with Crippen LogP contribution in [0.1, 0.15) is 29.8 Å². The number of nitrogens with two attached hydrogens (primary N) is 2. The number of nitrogen functional groups attached to an aromatic ring is 1. The van der Waals surface area contributed by atoms with Crippen LogP contribution in [0.15, 0.2) is 18.3 Å². The molecule has 1 aliphatic heterocycles. The van der Waals surface area contributed by atoms with E-state index < -0.39 is 0 Å². The number of hydrogen-bond donors (Lipinski definition) is 3. The average Bonchev–Trinajstić information content (AvgIpc) is 3.05. The molecular formula is C20H25N9. The summed E-state index contributed by atoms with van der Waals surface area (Å²) in [5.41, 5.74) is 16.9. The maximum atomic E-state index is 9.47. The first-order valence-electron chi connectivity index (χ1n) is 9.70. The Morgan fingerprint density at radius 2 is 2.17 bits per heavy atom. The molecule has 3 aromatic rings. The van der Waals surface area contributed by atoms with Gasteiger partial charge in [-0.25, -0.2) is 9.97 Å². The van der Waals surface area contributed by atoms with Gasteiger partial charge in [0.1, 0.15) is 17.5 Å². The van der Waals surface area contributed by atoms with Crippen LogP contribution in [0, 0.1) is 18.3 Å². The molecule has 9 heteroatoms. The Morgan fingerprint density at radius 3 is 2.93 bits per heavy atom. The zero-order chi connectivity index (χ0) is 20.5. The summed E-state index contributed by atoms with van der Waals surface area (Å²) in [5.74, 6) is 0.562. The summed E-state index contributed by atoms with van der Waals surface area (Å²) in [7, 11) is 2.01. The second-order valence-corrected chi connectivity index (χ2v) is 7.49. The van der Waals surface area contributed by atoms with Crippen molar-refractivity contribution in [3.63, 3.8) is 0 Å². The number of pyridine rings is 1. The van der Waals surface area contributed by atoms with Crippen molar-refractivity contribution < 1.29 is 0 Å². The molecule has 0 amide bonds. The molecule has 0 spiro atoms. The van der Waals surface area contributed by atoms with E-state index in [1.165, 1.54) is 0 Å². The van der Waals surface area contributed by atoms with Crippen LogP contribution in [0.25, 0.3) is 11.0 Å². The van der Waals surface area contributed by atoms with Crippen molar-refractivity contribution in [2.75, 3.05) is 29.0 Å². The van der Waals surface area contributed by atoms with E-state index >= 15 is 0 Å². The highest BCUT2D eigenvalue weighted by atomic mass is 15.2. The fraction of sp³-hybridized carbons (Fsp3) is 0.400. The Hall–Kier alpha value is -3.38. The lowest BCUT2D eigenvalue weighted by atomic mass is 10.1. The van der Waals surface area contributed by atoms with Gasteiger partial charge in [-0.2, -0.15) is 10.2 Å². The van der Waals surface area contributed by atoms with Gasteiger partial charge in [0.25, 0.3) is 0 Å². The number of nitriles is 1. The zero-order valence-corrected chi connectivity index (χ0v) is 16.7. The van der Waals surface area contributed by atoms with Crippen molar-refractivity contribution in [2.45, 2.75) is 32.4 Å². The lowest BCUT2D eigenvalue weighted by Crippen LogP contribution is -2.43. The predicted molar refractivity (Wildman–Crippen MR) is 113 cm³/mol. The van der Waals surface area contributed by atoms with Gasteiger partial charge in [0.05, 0.1) is 34.7 Å². The van der Waals surface area contributed by atoms with Gasteiger partial charge in [0.2, 0.25) is 5.95 Å². The molecule has 1 fully saturated rings. The number of rotatable bonds is 4. The minimum Gasteiger partial charge on any atom is -0.368 e. The summed E-state index contributed by atoms with van der Waals surface area (Å²) in [5, 5.41) is 12.7. The fourth-order valence-corrected chi connectivity index (χ4v) is 3.87. The molecule has 4 rings (SSSR count). The van der Waals surface area contributed by atoms with Crippen molar-refractivity contribution in [3.05, 3.63) is 35.3 Å². The quantitative estimate of drug-likeness (QED) is 0.611. The monoisotopic (exact) mass is 391 g/mol. The van der Waals surface area contributed by atoms with E-state index in [1.54, 1.807) is 6.92 Å². The van der Waals surface area contributed by atoms with Crippen LogP contribution < -0.4 is 21.7 Å². The molecule has 1 atom stereocenters. The third kappa shape index (κ3) is 3.67. The SMILES string of the molecule is Cc1nc(N)nc(NCc2nc3ccn(C)c3cc2N2CCCC(N)C2)c1C#N. The largest absolute Gasteiger partial charge is 0.368 e. The van der Waals surface area contributed by atoms with Gasteiger partial charge < -0.3 is 26.3 Å². The lowest BCUT2D eigenvalue weighted by Gasteiger charge is -2.33. The number of anilines is 3. The lowest BCUT2D eigenvalue weighted by molar-refractivity contribution is 0.505. The first kappa shape index (κ1) is 19.0. The van der Waals surface area contributed by atoms with Crippen LogP contribution >= 0.6 is 0 Å². The minimum absolute atomic E-state index is 0.137. The maximum absolute atomic E-state index is 9.47. The van der Waals surface area contributed by atoms with Crippen LogP contribution in [0.4, 0.5) is 17.5 Å². The van der Waals surface area contributed by atoms with Crippen LogP contribution in [0.2, 0.25) is 0 Å². The van der Waals surface area contributed by atoms with Crippen LogP contribution in [-0.2, 0) is 13.6 Å². The molecule has 3 aromatic heterocycles. The summed E-state index contributed by atoms with van der Waals surface area (Å²) in [4.78, 5) is 15.5. The van der Waals surface area contributed by atoms with Gasteiger partial charge in [-0.15, -0.1) is 0 Å². The van der Waals surface area contributed by atoms with Crippen molar-refractivity contribution in [1.82, 2.24) is 19.5 Å². The average molecular weight is 391 g/mol. The normalized spacial score (nSPS) is 16.8. The topological polar surface area (TPSA) is 135 Å². The van der Waals surface area contributed by atoms with E-state index in [9.17, 15) is 5.26 Å². The molecule has 0 radical (unpaired) electrons. The Balaban J connectivity index is 1.71. The molecule has 1 saturated heterocycles. The van der Waals surface area contributed by atoms with E-state index in [2.05, 4.69) is 36.9 Å². The van der Waals surface area contributed by atoms with Gasteiger partial charge in [0, 0.05) is 32.4 Å². The second-order valence-electron chi connectivity index (χ2n) is 7.49. The second kappa shape index (κ2) is 7.56. The predicted octanol–water partition coefficient (Wildman–Crippen LogP) is 1.67. The number of aryl methyl sites for hydroxylation is 2. The molecule has 1 aliphatic rings. The van der Waals surface area contributed by atoms with E-state index in [0.717, 1.165) is 48.3 Å². The molecule has 0 aliphatic carbocycles. The molecular weight excluding hydrogens is 366 g/mol. The van der Waals surface area contributed by atoms with Crippen molar-refractivity contribution in [3.8, 4) is 6.07 Å². The maximum Gasteiger partial charge on any atom is 0.222 e. The standard InChI is InChI=1S/C20H25N9/c1-12-14(9-21)19(27-20(23)25-12)24-10-16-18(29-6-3-4-13(22)11-29)8-17-15(26-16)5-7-28(17)2/h5,7-8,13H,3-4,6,10-11,22H2,1-2H3,(H3,23,24,25,27). The smallest absolute Gasteiger partial charge is 0.222 e. The van der Waals surface area contributed by atoms with Gasteiger partial charge in [-0.05, 0) is 31.9 Å². The summed E-state index contributed by atoms with van der Waals surface area (Å²) in [6.07, 6.45) is 4.09. The summed E-state index contributed by atoms with van der Waals surface area (Å²) < 4.78 is 2.06. The number of fused-ring (bicyclic) bond motifs is 1. The van der Waals surface area contributed by atoms with E-state index in [4.69, 9.17) is 16.5 Å². The fourth-order valence-electron chi connectivity index (χ4n) is 3.87. The Bertz CT molecular complexity index is 1100. The van der Waals surface area contributed by atoms with E-state index in [-0.39, 0.29) is 12.0 Å². The summed E-state index contributed by atoms with van der Waals surface area (Å²) in [6.45, 7) is 3.90. The molecule has 0 saturated carbocycles. The molecule has 0 aromatic carbocycles. The van der Waals surface area contributed by atoms with Crippen LogP contribution in [0.3, 0.4) is 0 Å². The number of nitrogens with one attached hydrogen (secondary N) is 1. The Labute approximate surface area is 169 Å². The van der Waals surface area contributed by atoms with Crippen LogP contribution in [0.5, 0.6) is 0 Å². The summed E-state index contributed by atoms with van der Waals surface area (Å²) in [6, 6.07) is 6.47. The molecule has 29 heavy (non-hydrogen) atoms. The molecule has 0 bridgehead atoms. The third-order valence-corrected chi connectivity index (χ3v) is 5.36. The van der Waals surface area contributed by atoms with Crippen molar-refractivity contribution in [1.29, 1.82) is 5.26 Å².